The van der Waals surface area contributed by atoms with Gasteiger partial charge in [0, 0.05) is 37.0 Å². The second-order valence-electron chi connectivity index (χ2n) is 7.24. The fraction of sp³-hybridized carbons (Fsp3) is 0.579. The lowest BCUT2D eigenvalue weighted by atomic mass is 10.2. The molecule has 0 spiro atoms. The molecule has 1 saturated heterocycles. The molecule has 0 radical (unpaired) electrons. The van der Waals surface area contributed by atoms with E-state index in [0.717, 1.165) is 13.1 Å². The molecule has 8 heteroatoms. The van der Waals surface area contributed by atoms with Crippen LogP contribution >= 0.6 is 23.4 Å². The van der Waals surface area contributed by atoms with Crippen molar-refractivity contribution in [1.82, 2.24) is 14.5 Å². The molecule has 2 heterocycles. The Morgan fingerprint density at radius 3 is 2.74 bits per heavy atom. The Balaban J connectivity index is 1.79. The first kappa shape index (κ1) is 20.6. The summed E-state index contributed by atoms with van der Waals surface area (Å²) in [5.41, 5.74) is 0.552. The zero-order valence-electron chi connectivity index (χ0n) is 15.7. The lowest BCUT2D eigenvalue weighted by molar-refractivity contribution is 0.0188. The van der Waals surface area contributed by atoms with Gasteiger partial charge in [-0.25, -0.2) is 4.98 Å². The molecule has 1 N–H and O–H groups in total. The smallest absolute Gasteiger partial charge is 0.262 e. The van der Waals surface area contributed by atoms with Crippen molar-refractivity contribution in [2.45, 2.75) is 31.7 Å². The third-order valence-electron chi connectivity index (χ3n) is 4.41. The number of ether oxygens (including phenoxy) is 1. The van der Waals surface area contributed by atoms with Crippen molar-refractivity contribution in [2.24, 2.45) is 5.92 Å². The van der Waals surface area contributed by atoms with Crippen molar-refractivity contribution in [3.8, 4) is 0 Å². The van der Waals surface area contributed by atoms with Crippen LogP contribution in [0.3, 0.4) is 0 Å². The zero-order chi connectivity index (χ0) is 19.4. The largest absolute Gasteiger partial charge is 0.391 e. The zero-order valence-corrected chi connectivity index (χ0v) is 17.3. The molecule has 6 nitrogen and oxygen atoms in total. The first-order valence-electron chi connectivity index (χ1n) is 9.25. The maximum Gasteiger partial charge on any atom is 0.262 e. The van der Waals surface area contributed by atoms with Crippen molar-refractivity contribution >= 4 is 34.3 Å². The summed E-state index contributed by atoms with van der Waals surface area (Å²) in [4.78, 5) is 19.8. The van der Waals surface area contributed by atoms with Crippen LogP contribution < -0.4 is 5.56 Å². The van der Waals surface area contributed by atoms with E-state index in [1.807, 2.05) is 0 Å². The molecule has 1 aliphatic rings. The minimum atomic E-state index is -0.488. The highest BCUT2D eigenvalue weighted by atomic mass is 35.5. The molecular weight excluding hydrogens is 386 g/mol. The molecule has 0 unspecified atom stereocenters. The number of aliphatic hydroxyl groups excluding tert-OH is 1. The normalized spacial score (nSPS) is 16.9. The van der Waals surface area contributed by atoms with Crippen LogP contribution in [0.4, 0.5) is 0 Å². The number of aliphatic hydroxyl groups is 1. The van der Waals surface area contributed by atoms with Crippen LogP contribution in [0, 0.1) is 5.92 Å². The minimum absolute atomic E-state index is 0.0821. The maximum absolute atomic E-state index is 13.0. The fourth-order valence-corrected chi connectivity index (χ4v) is 4.21. The summed E-state index contributed by atoms with van der Waals surface area (Å²) in [5, 5.41) is 12.1. The van der Waals surface area contributed by atoms with Crippen LogP contribution in [0.2, 0.25) is 5.02 Å². The van der Waals surface area contributed by atoms with E-state index in [1.165, 1.54) is 11.8 Å². The average Bonchev–Trinajstić information content (AvgIpc) is 2.64. The third-order valence-corrected chi connectivity index (χ3v) is 5.76. The van der Waals surface area contributed by atoms with Crippen LogP contribution in [0.1, 0.15) is 13.8 Å². The number of aromatic nitrogens is 2. The molecule has 1 aliphatic heterocycles. The molecule has 0 aliphatic carbocycles. The predicted octanol–water partition coefficient (Wildman–Crippen LogP) is 2.49. The van der Waals surface area contributed by atoms with E-state index in [4.69, 9.17) is 16.3 Å². The highest BCUT2D eigenvalue weighted by Crippen LogP contribution is 2.22. The van der Waals surface area contributed by atoms with Gasteiger partial charge in [0.05, 0.1) is 30.2 Å². The SMILES string of the molecule is CC(C)Cn1c(SC[C@@H](O)CN2CCOCC2)nc2ccc(Cl)cc2c1=O. The maximum atomic E-state index is 13.0. The molecule has 0 amide bonds. The Hall–Kier alpha value is -1.12. The monoisotopic (exact) mass is 411 g/mol. The quantitative estimate of drug-likeness (QED) is 0.557. The van der Waals surface area contributed by atoms with Crippen molar-refractivity contribution in [1.29, 1.82) is 0 Å². The fourth-order valence-electron chi connectivity index (χ4n) is 3.11. The van der Waals surface area contributed by atoms with Crippen LogP contribution in [-0.2, 0) is 11.3 Å². The molecule has 1 fully saturated rings. The summed E-state index contributed by atoms with van der Waals surface area (Å²) in [5.74, 6) is 0.791. The Morgan fingerprint density at radius 2 is 2.04 bits per heavy atom. The highest BCUT2D eigenvalue weighted by Gasteiger charge is 2.18. The van der Waals surface area contributed by atoms with E-state index in [1.54, 1.807) is 22.8 Å². The van der Waals surface area contributed by atoms with Gasteiger partial charge in [-0.15, -0.1) is 0 Å². The second-order valence-corrected chi connectivity index (χ2v) is 8.67. The molecular formula is C19H26ClN3O3S. The lowest BCUT2D eigenvalue weighted by Crippen LogP contribution is -2.41. The van der Waals surface area contributed by atoms with Crippen molar-refractivity contribution in [2.75, 3.05) is 38.6 Å². The summed E-state index contributed by atoms with van der Waals surface area (Å²) in [6.07, 6.45) is -0.488. The first-order valence-corrected chi connectivity index (χ1v) is 10.6. The summed E-state index contributed by atoms with van der Waals surface area (Å²) >= 11 is 7.49. The van der Waals surface area contributed by atoms with Gasteiger partial charge in [-0.1, -0.05) is 37.2 Å². The van der Waals surface area contributed by atoms with Crippen molar-refractivity contribution in [3.63, 3.8) is 0 Å². The minimum Gasteiger partial charge on any atom is -0.391 e. The average molecular weight is 412 g/mol. The summed E-state index contributed by atoms with van der Waals surface area (Å²) in [6.45, 7) is 8.42. The number of β-amino-alcohol motifs (C(OH)–C–C–N with tert-alkyl or cyclic N) is 1. The number of fused-ring (bicyclic) bond motifs is 1. The van der Waals surface area contributed by atoms with Crippen LogP contribution in [0.25, 0.3) is 10.9 Å². The first-order chi connectivity index (χ1) is 12.9. The molecule has 2 aromatic rings. The number of benzene rings is 1. The highest BCUT2D eigenvalue weighted by molar-refractivity contribution is 7.99. The molecule has 1 atom stereocenters. The van der Waals surface area contributed by atoms with Gasteiger partial charge in [0.1, 0.15) is 0 Å². The molecule has 148 valence electrons. The number of thioether (sulfide) groups is 1. The van der Waals surface area contributed by atoms with Crippen LogP contribution in [0.5, 0.6) is 0 Å². The van der Waals surface area contributed by atoms with Gasteiger partial charge in [-0.05, 0) is 24.1 Å². The van der Waals surface area contributed by atoms with E-state index < -0.39 is 6.10 Å². The van der Waals surface area contributed by atoms with Gasteiger partial charge in [0.25, 0.3) is 5.56 Å². The number of morpholine rings is 1. The van der Waals surface area contributed by atoms with E-state index in [9.17, 15) is 9.90 Å². The van der Waals surface area contributed by atoms with Gasteiger partial charge in [0.15, 0.2) is 5.16 Å². The molecule has 27 heavy (non-hydrogen) atoms. The summed E-state index contributed by atoms with van der Waals surface area (Å²) in [7, 11) is 0. The van der Waals surface area contributed by atoms with E-state index in [0.29, 0.717) is 59.1 Å². The topological polar surface area (TPSA) is 67.6 Å². The number of hydrogen-bond acceptors (Lipinski definition) is 6. The molecule has 0 bridgehead atoms. The van der Waals surface area contributed by atoms with Gasteiger partial charge < -0.3 is 9.84 Å². The van der Waals surface area contributed by atoms with Crippen LogP contribution in [-0.4, -0.2) is 64.3 Å². The number of nitrogens with zero attached hydrogens (tertiary/aromatic N) is 3. The van der Waals surface area contributed by atoms with E-state index in [-0.39, 0.29) is 5.56 Å². The van der Waals surface area contributed by atoms with Crippen molar-refractivity contribution in [3.05, 3.63) is 33.6 Å². The number of rotatable bonds is 7. The molecule has 3 rings (SSSR count). The van der Waals surface area contributed by atoms with Crippen LogP contribution in [0.15, 0.2) is 28.2 Å². The Morgan fingerprint density at radius 1 is 1.30 bits per heavy atom. The third kappa shape index (κ3) is 5.45. The van der Waals surface area contributed by atoms with E-state index in [2.05, 4.69) is 23.7 Å². The Bertz CT molecular complexity index is 837. The molecule has 1 aromatic carbocycles. The Labute approximate surface area is 168 Å². The summed E-state index contributed by atoms with van der Waals surface area (Å²) in [6, 6.07) is 5.18. The van der Waals surface area contributed by atoms with Gasteiger partial charge in [-0.3, -0.25) is 14.3 Å². The van der Waals surface area contributed by atoms with Crippen molar-refractivity contribution < 1.29 is 9.84 Å². The second kappa shape index (κ2) is 9.39. The number of halogens is 1. The summed E-state index contributed by atoms with van der Waals surface area (Å²) < 4.78 is 7.04. The predicted molar refractivity (Wildman–Crippen MR) is 110 cm³/mol. The molecule has 0 saturated carbocycles. The van der Waals surface area contributed by atoms with Gasteiger partial charge >= 0.3 is 0 Å². The number of hydrogen-bond donors (Lipinski definition) is 1. The lowest BCUT2D eigenvalue weighted by Gasteiger charge is -2.28. The van der Waals surface area contributed by atoms with E-state index >= 15 is 0 Å². The van der Waals surface area contributed by atoms with Gasteiger partial charge in [-0.2, -0.15) is 0 Å². The molecule has 1 aromatic heterocycles. The van der Waals surface area contributed by atoms with Gasteiger partial charge in [0.2, 0.25) is 0 Å². The Kier molecular flexibility index (Phi) is 7.16. The standard InChI is InChI=1S/C19H26ClN3O3S/c1-13(2)10-23-18(25)16-9-14(20)3-4-17(16)21-19(23)27-12-15(24)11-22-5-7-26-8-6-22/h3-4,9,13,15,24H,5-8,10-12H2,1-2H3/t15-/m0/s1.